The zero-order valence-corrected chi connectivity index (χ0v) is 12.3. The summed E-state index contributed by atoms with van der Waals surface area (Å²) in [6.07, 6.45) is 1.30. The molecule has 1 atom stereocenters. The Balaban J connectivity index is 0. The molecule has 1 amide bonds. The minimum atomic E-state index is -4.41. The van der Waals surface area contributed by atoms with Gasteiger partial charge in [0.15, 0.2) is 0 Å². The Labute approximate surface area is 109 Å². The van der Waals surface area contributed by atoms with Crippen molar-refractivity contribution in [2.45, 2.75) is 13.0 Å². The van der Waals surface area contributed by atoms with Crippen LogP contribution < -0.4 is 5.32 Å². The van der Waals surface area contributed by atoms with Gasteiger partial charge in [-0.05, 0) is 13.0 Å². The Hall–Kier alpha value is -0.960. The number of hydrogen-bond donors (Lipinski definition) is 1. The van der Waals surface area contributed by atoms with E-state index in [9.17, 15) is 17.8 Å². The number of amides is 1. The van der Waals surface area contributed by atoms with Gasteiger partial charge in [-0.3, -0.25) is 8.98 Å². The maximum atomic E-state index is 10.9. The Kier molecular flexibility index (Phi) is 8.83. The minimum Gasteiger partial charge on any atom is -0.726 e. The minimum absolute atomic E-state index is 0.101. The Morgan fingerprint density at radius 2 is 1.89 bits per heavy atom. The van der Waals surface area contributed by atoms with E-state index >= 15 is 0 Å². The van der Waals surface area contributed by atoms with Gasteiger partial charge >= 0.3 is 0 Å². The quantitative estimate of drug-likeness (QED) is 0.317. The van der Waals surface area contributed by atoms with Crippen molar-refractivity contribution in [3.8, 4) is 0 Å². The number of hydrogen-bond acceptors (Lipinski definition) is 5. The van der Waals surface area contributed by atoms with Crippen LogP contribution in [0.5, 0.6) is 0 Å². The fraction of sp³-hybridized carbons (Fsp3) is 0.700. The van der Waals surface area contributed by atoms with Crippen LogP contribution in [-0.4, -0.2) is 64.2 Å². The van der Waals surface area contributed by atoms with E-state index in [-0.39, 0.29) is 11.9 Å². The molecule has 0 aromatic carbocycles. The van der Waals surface area contributed by atoms with E-state index in [0.717, 1.165) is 18.1 Å². The number of nitrogens with one attached hydrogen (secondary N) is 1. The maximum Gasteiger partial charge on any atom is 0.243 e. The van der Waals surface area contributed by atoms with Gasteiger partial charge in [-0.1, -0.05) is 6.58 Å². The standard InChI is InChI=1S/C9H18N2O.CH4O4S/c1-6-9(12)10-8(2)7-11(3,4)5;1-5-6(2,3)4/h6,8H,1,7H2,2-5H3;1H3,(H,2,3,4). The second-order valence-corrected chi connectivity index (χ2v) is 5.81. The molecule has 0 bridgehead atoms. The van der Waals surface area contributed by atoms with Crippen LogP contribution in [0.2, 0.25) is 0 Å². The summed E-state index contributed by atoms with van der Waals surface area (Å²) in [7, 11) is 2.68. The lowest BCUT2D eigenvalue weighted by atomic mass is 10.3. The zero-order chi connectivity index (χ0) is 15.0. The van der Waals surface area contributed by atoms with Gasteiger partial charge in [0.1, 0.15) is 0 Å². The van der Waals surface area contributed by atoms with Crippen molar-refractivity contribution >= 4 is 16.3 Å². The summed E-state index contributed by atoms with van der Waals surface area (Å²) in [5.74, 6) is -0.101. The molecule has 0 rings (SSSR count). The third-order valence-electron chi connectivity index (χ3n) is 1.60. The lowest BCUT2D eigenvalue weighted by molar-refractivity contribution is -0.871. The van der Waals surface area contributed by atoms with Gasteiger partial charge in [-0.2, -0.15) is 0 Å². The van der Waals surface area contributed by atoms with Crippen LogP contribution in [0.15, 0.2) is 12.7 Å². The van der Waals surface area contributed by atoms with Gasteiger partial charge in [-0.25, -0.2) is 8.42 Å². The molecule has 18 heavy (non-hydrogen) atoms. The van der Waals surface area contributed by atoms with Crippen molar-refractivity contribution in [3.05, 3.63) is 12.7 Å². The summed E-state index contributed by atoms with van der Waals surface area (Å²) in [5, 5.41) is 2.81. The fourth-order valence-corrected chi connectivity index (χ4v) is 1.17. The number of nitrogens with zero attached hydrogens (tertiary/aromatic N) is 1. The topological polar surface area (TPSA) is 95.5 Å². The molecule has 8 heteroatoms. The number of quaternary nitrogens is 1. The normalized spacial score (nSPS) is 13.0. The first-order chi connectivity index (χ1) is 7.91. The Morgan fingerprint density at radius 3 is 2.11 bits per heavy atom. The molecule has 108 valence electrons. The molecule has 1 unspecified atom stereocenters. The Bertz CT molecular complexity index is 359. The van der Waals surface area contributed by atoms with Crippen LogP contribution in [0.1, 0.15) is 6.92 Å². The number of likely N-dealkylation sites (N-methyl/N-ethyl adjacent to an activating group) is 1. The highest BCUT2D eigenvalue weighted by atomic mass is 32.3. The summed E-state index contributed by atoms with van der Waals surface area (Å²) in [5.41, 5.74) is 0. The van der Waals surface area contributed by atoms with Gasteiger partial charge < -0.3 is 14.4 Å². The van der Waals surface area contributed by atoms with Gasteiger partial charge in [0.2, 0.25) is 16.3 Å². The van der Waals surface area contributed by atoms with Crippen molar-refractivity contribution in [2.75, 3.05) is 34.8 Å². The van der Waals surface area contributed by atoms with Crippen molar-refractivity contribution < 1.29 is 26.4 Å². The van der Waals surface area contributed by atoms with E-state index in [1.54, 1.807) is 0 Å². The van der Waals surface area contributed by atoms with E-state index in [4.69, 9.17) is 0 Å². The van der Waals surface area contributed by atoms with Crippen LogP contribution >= 0.6 is 0 Å². The first-order valence-corrected chi connectivity index (χ1v) is 6.49. The molecule has 0 fully saturated rings. The monoisotopic (exact) mass is 282 g/mol. The van der Waals surface area contributed by atoms with E-state index in [2.05, 4.69) is 37.2 Å². The summed E-state index contributed by atoms with van der Waals surface area (Å²) in [6, 6.07) is 0.190. The van der Waals surface area contributed by atoms with E-state index in [1.165, 1.54) is 6.08 Å². The molecule has 7 nitrogen and oxygen atoms in total. The van der Waals surface area contributed by atoms with Gasteiger partial charge in [0.05, 0.1) is 40.8 Å². The van der Waals surface area contributed by atoms with Crippen LogP contribution in [-0.2, 0) is 19.4 Å². The van der Waals surface area contributed by atoms with Gasteiger partial charge in [0.25, 0.3) is 0 Å². The molecule has 0 aromatic heterocycles. The highest BCUT2D eigenvalue weighted by molar-refractivity contribution is 7.80. The van der Waals surface area contributed by atoms with E-state index in [0.29, 0.717) is 0 Å². The summed E-state index contributed by atoms with van der Waals surface area (Å²) in [4.78, 5) is 10.9. The first-order valence-electron chi connectivity index (χ1n) is 5.16. The third kappa shape index (κ3) is 17.4. The number of carbonyl (C=O) groups excluding carboxylic acids is 1. The molecule has 0 radical (unpaired) electrons. The van der Waals surface area contributed by atoms with E-state index in [1.807, 2.05) is 6.92 Å². The second-order valence-electron chi connectivity index (χ2n) is 4.66. The van der Waals surface area contributed by atoms with Gasteiger partial charge in [0, 0.05) is 0 Å². The average Bonchev–Trinajstić information content (AvgIpc) is 2.14. The second kappa shape index (κ2) is 8.20. The lowest BCUT2D eigenvalue weighted by Crippen LogP contribution is -2.47. The molecule has 0 heterocycles. The van der Waals surface area contributed by atoms with Gasteiger partial charge in [-0.15, -0.1) is 0 Å². The summed E-state index contributed by atoms with van der Waals surface area (Å²) in [6.45, 7) is 6.30. The predicted molar refractivity (Wildman–Crippen MR) is 67.4 cm³/mol. The van der Waals surface area contributed by atoms with Crippen molar-refractivity contribution in [1.82, 2.24) is 5.32 Å². The number of rotatable bonds is 5. The highest BCUT2D eigenvalue weighted by Gasteiger charge is 2.13. The van der Waals surface area contributed by atoms with Crippen molar-refractivity contribution in [3.63, 3.8) is 0 Å². The smallest absolute Gasteiger partial charge is 0.243 e. The average molecular weight is 282 g/mol. The number of carbonyl (C=O) groups is 1. The summed E-state index contributed by atoms with van der Waals surface area (Å²) < 4.78 is 31.9. The third-order valence-corrected chi connectivity index (χ3v) is 2.01. The van der Waals surface area contributed by atoms with E-state index < -0.39 is 10.4 Å². The van der Waals surface area contributed by atoms with Crippen molar-refractivity contribution in [1.29, 1.82) is 0 Å². The molecule has 0 aliphatic rings. The molecule has 0 aliphatic heterocycles. The molecule has 0 aliphatic carbocycles. The molecular weight excluding hydrogens is 260 g/mol. The molecule has 0 aromatic rings. The van der Waals surface area contributed by atoms with Crippen LogP contribution in [0.4, 0.5) is 0 Å². The van der Waals surface area contributed by atoms with Crippen LogP contribution in [0.25, 0.3) is 0 Å². The molecule has 0 saturated carbocycles. The molecule has 0 saturated heterocycles. The van der Waals surface area contributed by atoms with Crippen molar-refractivity contribution in [2.24, 2.45) is 0 Å². The summed E-state index contributed by atoms with van der Waals surface area (Å²) >= 11 is 0. The SMILES string of the molecule is C=CC(=O)NC(C)C[N+](C)(C)C.COS(=O)(=O)[O-]. The highest BCUT2D eigenvalue weighted by Crippen LogP contribution is 1.93. The largest absolute Gasteiger partial charge is 0.726 e. The molecule has 0 spiro atoms. The lowest BCUT2D eigenvalue weighted by Gasteiger charge is -2.27. The fourth-order valence-electron chi connectivity index (χ4n) is 1.17. The molecule has 1 N–H and O–H groups in total. The zero-order valence-electron chi connectivity index (χ0n) is 11.5. The predicted octanol–water partition coefficient (Wildman–Crippen LogP) is -0.524. The Morgan fingerprint density at radius 1 is 1.50 bits per heavy atom. The van der Waals surface area contributed by atoms with Crippen LogP contribution in [0.3, 0.4) is 0 Å². The maximum absolute atomic E-state index is 10.9. The van der Waals surface area contributed by atoms with Crippen LogP contribution in [0, 0.1) is 0 Å². The first kappa shape index (κ1) is 19.4. The molecular formula is C10H22N2O5S.